The van der Waals surface area contributed by atoms with Gasteiger partial charge in [0, 0.05) is 13.0 Å². The molecule has 0 aromatic heterocycles. The SMILES string of the molecule is CC(C)C(O)(CN)Cc1cccc(F)c1. The van der Waals surface area contributed by atoms with Gasteiger partial charge in [-0.3, -0.25) is 0 Å². The third kappa shape index (κ3) is 3.01. The van der Waals surface area contributed by atoms with Crippen LogP contribution in [-0.2, 0) is 6.42 Å². The van der Waals surface area contributed by atoms with Gasteiger partial charge in [0.25, 0.3) is 0 Å². The van der Waals surface area contributed by atoms with Gasteiger partial charge >= 0.3 is 0 Å². The second-order valence-electron chi connectivity index (χ2n) is 4.27. The van der Waals surface area contributed by atoms with Crippen LogP contribution in [0.4, 0.5) is 4.39 Å². The zero-order valence-corrected chi connectivity index (χ0v) is 9.20. The number of nitrogens with two attached hydrogens (primary N) is 1. The molecule has 0 aliphatic heterocycles. The minimum atomic E-state index is -0.951. The fourth-order valence-electron chi connectivity index (χ4n) is 1.51. The Hall–Kier alpha value is -0.930. The normalized spacial score (nSPS) is 15.3. The standard InChI is InChI=1S/C12H18FNO/c1-9(2)12(15,8-14)7-10-4-3-5-11(13)6-10/h3-6,9,15H,7-8,14H2,1-2H3. The number of hydrogen-bond donors (Lipinski definition) is 2. The van der Waals surface area contributed by atoms with Crippen LogP contribution in [0, 0.1) is 11.7 Å². The van der Waals surface area contributed by atoms with E-state index in [4.69, 9.17) is 5.73 Å². The van der Waals surface area contributed by atoms with Crippen molar-refractivity contribution in [2.75, 3.05) is 6.54 Å². The van der Waals surface area contributed by atoms with Crippen molar-refractivity contribution in [2.45, 2.75) is 25.9 Å². The number of benzene rings is 1. The molecule has 1 aromatic rings. The number of rotatable bonds is 4. The van der Waals surface area contributed by atoms with Gasteiger partial charge in [-0.2, -0.15) is 0 Å². The Morgan fingerprint density at radius 1 is 1.47 bits per heavy atom. The van der Waals surface area contributed by atoms with E-state index in [0.717, 1.165) is 5.56 Å². The van der Waals surface area contributed by atoms with Crippen LogP contribution >= 0.6 is 0 Å². The van der Waals surface area contributed by atoms with E-state index in [1.54, 1.807) is 12.1 Å². The van der Waals surface area contributed by atoms with Crippen LogP contribution < -0.4 is 5.73 Å². The predicted octanol–water partition coefficient (Wildman–Crippen LogP) is 1.71. The summed E-state index contributed by atoms with van der Waals surface area (Å²) in [5.41, 5.74) is 5.37. The van der Waals surface area contributed by atoms with Crippen LogP contribution in [0.1, 0.15) is 19.4 Å². The van der Waals surface area contributed by atoms with Crippen molar-refractivity contribution >= 4 is 0 Å². The Morgan fingerprint density at radius 3 is 2.60 bits per heavy atom. The summed E-state index contributed by atoms with van der Waals surface area (Å²) >= 11 is 0. The molecule has 0 spiro atoms. The van der Waals surface area contributed by atoms with Crippen molar-refractivity contribution in [3.63, 3.8) is 0 Å². The average Bonchev–Trinajstić information content (AvgIpc) is 2.17. The van der Waals surface area contributed by atoms with Crippen molar-refractivity contribution in [1.29, 1.82) is 0 Å². The lowest BCUT2D eigenvalue weighted by Gasteiger charge is -2.30. The third-order valence-corrected chi connectivity index (χ3v) is 2.83. The first kappa shape index (κ1) is 12.1. The highest BCUT2D eigenvalue weighted by molar-refractivity contribution is 5.18. The van der Waals surface area contributed by atoms with Gasteiger partial charge in [0.15, 0.2) is 0 Å². The van der Waals surface area contributed by atoms with Crippen LogP contribution in [0.5, 0.6) is 0 Å². The molecule has 0 amide bonds. The summed E-state index contributed by atoms with van der Waals surface area (Å²) in [7, 11) is 0. The van der Waals surface area contributed by atoms with Crippen molar-refractivity contribution in [3.05, 3.63) is 35.6 Å². The minimum Gasteiger partial charge on any atom is -0.388 e. The highest BCUT2D eigenvalue weighted by Crippen LogP contribution is 2.21. The van der Waals surface area contributed by atoms with Crippen molar-refractivity contribution in [3.8, 4) is 0 Å². The lowest BCUT2D eigenvalue weighted by atomic mass is 9.84. The van der Waals surface area contributed by atoms with Gasteiger partial charge in [-0.15, -0.1) is 0 Å². The van der Waals surface area contributed by atoms with E-state index >= 15 is 0 Å². The Balaban J connectivity index is 2.84. The Kier molecular flexibility index (Phi) is 3.83. The summed E-state index contributed by atoms with van der Waals surface area (Å²) in [5, 5.41) is 10.2. The maximum absolute atomic E-state index is 12.9. The molecule has 3 N–H and O–H groups in total. The lowest BCUT2D eigenvalue weighted by Crippen LogP contribution is -2.44. The van der Waals surface area contributed by atoms with Gasteiger partial charge in [0.05, 0.1) is 5.60 Å². The first-order valence-corrected chi connectivity index (χ1v) is 5.15. The maximum Gasteiger partial charge on any atom is 0.123 e. The second kappa shape index (κ2) is 4.73. The molecular formula is C12H18FNO. The van der Waals surface area contributed by atoms with Gasteiger partial charge < -0.3 is 10.8 Å². The number of aliphatic hydroxyl groups is 1. The summed E-state index contributed by atoms with van der Waals surface area (Å²) in [6.07, 6.45) is 0.388. The molecule has 0 radical (unpaired) electrons. The first-order valence-electron chi connectivity index (χ1n) is 5.15. The molecule has 84 valence electrons. The molecular weight excluding hydrogens is 193 g/mol. The van der Waals surface area contributed by atoms with Crippen LogP contribution in [0.2, 0.25) is 0 Å². The number of halogens is 1. The van der Waals surface area contributed by atoms with Gasteiger partial charge in [0.2, 0.25) is 0 Å². The van der Waals surface area contributed by atoms with Crippen molar-refractivity contribution < 1.29 is 9.50 Å². The minimum absolute atomic E-state index is 0.0470. The first-order chi connectivity index (χ1) is 6.98. The molecule has 1 unspecified atom stereocenters. The molecule has 0 saturated carbocycles. The van der Waals surface area contributed by atoms with Gasteiger partial charge in [-0.25, -0.2) is 4.39 Å². The maximum atomic E-state index is 12.9. The molecule has 0 aliphatic carbocycles. The molecule has 1 atom stereocenters. The molecule has 1 aromatic carbocycles. The van der Waals surface area contributed by atoms with Crippen LogP contribution in [0.25, 0.3) is 0 Å². The molecule has 3 heteroatoms. The van der Waals surface area contributed by atoms with E-state index < -0.39 is 5.60 Å². The monoisotopic (exact) mass is 211 g/mol. The third-order valence-electron chi connectivity index (χ3n) is 2.83. The highest BCUT2D eigenvalue weighted by atomic mass is 19.1. The summed E-state index contributed by atoms with van der Waals surface area (Å²) in [4.78, 5) is 0. The molecule has 0 saturated heterocycles. The molecule has 0 fully saturated rings. The molecule has 0 heterocycles. The molecule has 15 heavy (non-hydrogen) atoms. The van der Waals surface area contributed by atoms with Crippen molar-refractivity contribution in [1.82, 2.24) is 0 Å². The zero-order valence-electron chi connectivity index (χ0n) is 9.20. The van der Waals surface area contributed by atoms with E-state index in [0.29, 0.717) is 6.42 Å². The van der Waals surface area contributed by atoms with E-state index in [1.165, 1.54) is 12.1 Å². The Morgan fingerprint density at radius 2 is 2.13 bits per heavy atom. The Labute approximate surface area is 89.9 Å². The fraction of sp³-hybridized carbons (Fsp3) is 0.500. The number of hydrogen-bond acceptors (Lipinski definition) is 2. The predicted molar refractivity (Wildman–Crippen MR) is 58.9 cm³/mol. The molecule has 2 nitrogen and oxygen atoms in total. The van der Waals surface area contributed by atoms with E-state index in [9.17, 15) is 9.50 Å². The summed E-state index contributed by atoms with van der Waals surface area (Å²) in [5.74, 6) is -0.235. The Bertz CT molecular complexity index is 327. The lowest BCUT2D eigenvalue weighted by molar-refractivity contribution is 0.00403. The quantitative estimate of drug-likeness (QED) is 0.796. The van der Waals surface area contributed by atoms with E-state index in [1.807, 2.05) is 13.8 Å². The van der Waals surface area contributed by atoms with E-state index in [2.05, 4.69) is 0 Å². The van der Waals surface area contributed by atoms with E-state index in [-0.39, 0.29) is 18.3 Å². The zero-order chi connectivity index (χ0) is 11.5. The molecule has 0 bridgehead atoms. The van der Waals surface area contributed by atoms with Gasteiger partial charge in [0.1, 0.15) is 5.82 Å². The van der Waals surface area contributed by atoms with Gasteiger partial charge in [-0.1, -0.05) is 26.0 Å². The molecule has 0 aliphatic rings. The molecule has 1 rings (SSSR count). The fourth-order valence-corrected chi connectivity index (χ4v) is 1.51. The van der Waals surface area contributed by atoms with Crippen LogP contribution in [0.3, 0.4) is 0 Å². The smallest absolute Gasteiger partial charge is 0.123 e. The van der Waals surface area contributed by atoms with Crippen LogP contribution in [0.15, 0.2) is 24.3 Å². The summed E-state index contributed by atoms with van der Waals surface area (Å²) in [6.45, 7) is 4.00. The average molecular weight is 211 g/mol. The summed E-state index contributed by atoms with van der Waals surface area (Å²) < 4.78 is 12.9. The van der Waals surface area contributed by atoms with Gasteiger partial charge in [-0.05, 0) is 23.6 Å². The van der Waals surface area contributed by atoms with Crippen molar-refractivity contribution in [2.24, 2.45) is 11.7 Å². The topological polar surface area (TPSA) is 46.2 Å². The second-order valence-corrected chi connectivity index (χ2v) is 4.27. The van der Waals surface area contributed by atoms with Crippen LogP contribution in [-0.4, -0.2) is 17.3 Å². The highest BCUT2D eigenvalue weighted by Gasteiger charge is 2.29. The summed E-state index contributed by atoms with van der Waals surface area (Å²) in [6, 6.07) is 6.26. The largest absolute Gasteiger partial charge is 0.388 e.